The van der Waals surface area contributed by atoms with Crippen molar-refractivity contribution in [1.29, 1.82) is 0 Å². The molecule has 0 bridgehead atoms. The fourth-order valence-electron chi connectivity index (χ4n) is 8.23. The highest BCUT2D eigenvalue weighted by Crippen LogP contribution is 2.39. The number of benzene rings is 4. The van der Waals surface area contributed by atoms with Crippen molar-refractivity contribution in [2.75, 3.05) is 58.4 Å². The molecule has 12 nitrogen and oxygen atoms in total. The molecule has 4 heterocycles. The van der Waals surface area contributed by atoms with E-state index in [1.165, 1.54) is 0 Å². The second-order valence-corrected chi connectivity index (χ2v) is 16.5. The zero-order valence-electron chi connectivity index (χ0n) is 32.9. The van der Waals surface area contributed by atoms with Crippen LogP contribution >= 0.6 is 0 Å². The molecule has 13 heteroatoms. The second-order valence-electron chi connectivity index (χ2n) is 14.8. The van der Waals surface area contributed by atoms with Gasteiger partial charge in [-0.3, -0.25) is 4.68 Å². The first-order valence-corrected chi connectivity index (χ1v) is 20.8. The van der Waals surface area contributed by atoms with Crippen LogP contribution in [0.4, 0.5) is 5.69 Å². The summed E-state index contributed by atoms with van der Waals surface area (Å²) >= 11 is -1.12. The number of piperazine rings is 1. The van der Waals surface area contributed by atoms with Crippen molar-refractivity contribution >= 4 is 44.5 Å². The van der Waals surface area contributed by atoms with Gasteiger partial charge in [-0.1, -0.05) is 54.6 Å². The molecular weight excluding hydrogens is 741 g/mol. The minimum absolute atomic E-state index is 0.221. The third-order valence-electron chi connectivity index (χ3n) is 11.0. The van der Waals surface area contributed by atoms with Crippen LogP contribution in [0.3, 0.4) is 0 Å². The first-order chi connectivity index (χ1) is 27.8. The van der Waals surface area contributed by atoms with E-state index in [2.05, 4.69) is 41.3 Å². The Morgan fingerprint density at radius 2 is 1.65 bits per heavy atom. The van der Waals surface area contributed by atoms with Crippen LogP contribution in [0.5, 0.6) is 11.5 Å². The summed E-state index contributed by atoms with van der Waals surface area (Å²) in [6.45, 7) is 5.21. The summed E-state index contributed by atoms with van der Waals surface area (Å²) in [6.07, 6.45) is 2.80. The van der Waals surface area contributed by atoms with Gasteiger partial charge in [0, 0.05) is 88.1 Å². The van der Waals surface area contributed by atoms with Gasteiger partial charge in [-0.25, -0.2) is 17.6 Å². The van der Waals surface area contributed by atoms with E-state index in [0.717, 1.165) is 106 Å². The molecule has 6 aromatic rings. The molecule has 1 atom stereocenters. The van der Waals surface area contributed by atoms with E-state index in [1.807, 2.05) is 83.2 Å². The van der Waals surface area contributed by atoms with Gasteiger partial charge in [0.1, 0.15) is 29.5 Å². The van der Waals surface area contributed by atoms with Gasteiger partial charge in [-0.2, -0.15) is 5.10 Å². The Morgan fingerprint density at radius 3 is 2.44 bits per heavy atom. The van der Waals surface area contributed by atoms with Crippen LogP contribution < -0.4 is 14.4 Å². The maximum Gasteiger partial charge on any atom is 0.352 e. The number of carboxylic acid groups (broad SMARTS) is 1. The highest BCUT2D eigenvalue weighted by atomic mass is 32.2. The number of hydrogen-bond acceptors (Lipinski definition) is 7. The normalized spacial score (nSPS) is 15.8. The Hall–Kier alpha value is -5.21. The number of fused-ring (bicyclic) bond motifs is 3. The molecule has 0 spiro atoms. The van der Waals surface area contributed by atoms with E-state index >= 15 is 0 Å². The lowest BCUT2D eigenvalue weighted by Gasteiger charge is -2.36. The average Bonchev–Trinajstić information content (AvgIpc) is 3.71. The summed E-state index contributed by atoms with van der Waals surface area (Å²) in [6, 6.07) is 28.5. The average molecular weight is 791 g/mol. The molecule has 1 saturated heterocycles. The second kappa shape index (κ2) is 17.1. The Morgan fingerprint density at radius 1 is 0.895 bits per heavy atom. The smallest absolute Gasteiger partial charge is 0.352 e. The first kappa shape index (κ1) is 38.7. The first-order valence-electron chi connectivity index (χ1n) is 19.7. The molecule has 57 heavy (non-hydrogen) atoms. The van der Waals surface area contributed by atoms with Crippen LogP contribution in [0.15, 0.2) is 84.9 Å². The number of rotatable bonds is 12. The lowest BCUT2D eigenvalue weighted by atomic mass is 9.98. The number of carbonyl (C=O) groups is 1. The Labute approximate surface area is 335 Å². The molecule has 2 aliphatic rings. The Balaban J connectivity index is 1.06. The molecule has 1 unspecified atom stereocenters. The van der Waals surface area contributed by atoms with Gasteiger partial charge in [0.25, 0.3) is 0 Å². The Kier molecular flexibility index (Phi) is 11.6. The number of hydrogen-bond donors (Lipinski definition) is 1. The quantitative estimate of drug-likeness (QED) is 0.131. The van der Waals surface area contributed by atoms with Gasteiger partial charge in [-0.05, 0) is 67.0 Å². The number of aryl methyl sites for hydroxylation is 3. The van der Waals surface area contributed by atoms with Crippen molar-refractivity contribution < 1.29 is 28.3 Å². The van der Waals surface area contributed by atoms with Gasteiger partial charge >= 0.3 is 5.97 Å². The van der Waals surface area contributed by atoms with E-state index in [4.69, 9.17) is 19.3 Å². The number of nitrogens with zero attached hydrogens (tertiary/aromatic N) is 6. The summed E-state index contributed by atoms with van der Waals surface area (Å²) < 4.78 is 39.0. The number of para-hydroxylation sites is 1. The summed E-state index contributed by atoms with van der Waals surface area (Å²) in [7, 11) is 5.59. The molecule has 0 aliphatic carbocycles. The lowest BCUT2D eigenvalue weighted by molar-refractivity contribution is 0.0683. The van der Waals surface area contributed by atoms with Crippen LogP contribution in [0, 0.1) is 0 Å². The number of anilines is 1. The Bertz CT molecular complexity index is 2390. The molecule has 0 amide bonds. The van der Waals surface area contributed by atoms with Gasteiger partial charge in [0.05, 0.1) is 24.4 Å². The van der Waals surface area contributed by atoms with Crippen LogP contribution in [-0.4, -0.2) is 91.7 Å². The minimum Gasteiger partial charge on any atom is -0.493 e. The fourth-order valence-corrected chi connectivity index (χ4v) is 9.17. The van der Waals surface area contributed by atoms with Crippen molar-refractivity contribution in [3.63, 3.8) is 0 Å². The zero-order chi connectivity index (χ0) is 39.5. The highest BCUT2D eigenvalue weighted by molar-refractivity contribution is 7.80. The van der Waals surface area contributed by atoms with Crippen LogP contribution in [0.2, 0.25) is 0 Å². The van der Waals surface area contributed by atoms with Crippen LogP contribution in [0.25, 0.3) is 32.8 Å². The third-order valence-corrected chi connectivity index (χ3v) is 12.4. The van der Waals surface area contributed by atoms with Crippen molar-refractivity contribution in [2.24, 2.45) is 7.05 Å². The van der Waals surface area contributed by atoms with Gasteiger partial charge in [0.15, 0.2) is 11.2 Å². The third kappa shape index (κ3) is 8.02. The number of carboxylic acids is 1. The van der Waals surface area contributed by atoms with Crippen molar-refractivity contribution in [1.82, 2.24) is 23.0 Å². The van der Waals surface area contributed by atoms with Crippen molar-refractivity contribution in [2.45, 2.75) is 45.4 Å². The number of aromatic nitrogens is 3. The largest absolute Gasteiger partial charge is 0.493 e. The van der Waals surface area contributed by atoms with Gasteiger partial charge < -0.3 is 28.8 Å². The minimum atomic E-state index is -1.12. The molecule has 8 rings (SSSR count). The number of ether oxygens (including phenoxy) is 3. The van der Waals surface area contributed by atoms with Crippen molar-refractivity contribution in [3.05, 3.63) is 108 Å². The molecule has 2 aromatic heterocycles. The monoisotopic (exact) mass is 790 g/mol. The number of aromatic carboxylic acids is 1. The summed E-state index contributed by atoms with van der Waals surface area (Å²) in [4.78, 5) is 15.5. The molecule has 0 radical (unpaired) electrons. The molecule has 1 fully saturated rings. The van der Waals surface area contributed by atoms with Crippen LogP contribution in [-0.2, 0) is 49.1 Å². The van der Waals surface area contributed by atoms with E-state index in [1.54, 1.807) is 4.31 Å². The molecule has 0 saturated carbocycles. The maximum atomic E-state index is 13.2. The van der Waals surface area contributed by atoms with Gasteiger partial charge in [0.2, 0.25) is 0 Å². The van der Waals surface area contributed by atoms with E-state index in [-0.39, 0.29) is 6.61 Å². The molecule has 298 valence electrons. The topological polar surface area (TPSA) is 115 Å². The molecule has 4 aromatic carbocycles. The summed E-state index contributed by atoms with van der Waals surface area (Å²) in [5.74, 6) is 0.620. The lowest BCUT2D eigenvalue weighted by Crippen LogP contribution is -2.49. The molecular formula is C44H50N6O6S. The van der Waals surface area contributed by atoms with Crippen molar-refractivity contribution in [3.8, 4) is 22.6 Å². The molecule has 2 aliphatic heterocycles. The standard InChI is InChI=1S/C44H50N6O6S/c1-46(2)57(53)49-25-23-48(24-26-49)32-18-20-33(21-19-32)56-29-38-41-37-15-9-14-35-36(16-10-28-55-40-17-8-12-31-11-4-5-13-34(31)40)43(44(51)52)50(42(35)37)22-6-7-27-54-30-39(41)47(3)45-38/h4-5,8-9,11-15,17-21H,6-7,10,16,22-30H2,1-3H3,(H,51,52). The summed E-state index contributed by atoms with van der Waals surface area (Å²) in [5, 5.41) is 18.9. The zero-order valence-corrected chi connectivity index (χ0v) is 33.7. The predicted octanol–water partition coefficient (Wildman–Crippen LogP) is 7.06. The summed E-state index contributed by atoms with van der Waals surface area (Å²) in [5.41, 5.74) is 6.66. The maximum absolute atomic E-state index is 13.2. The molecule has 1 N–H and O–H groups in total. The highest BCUT2D eigenvalue weighted by Gasteiger charge is 2.28. The predicted molar refractivity (Wildman–Crippen MR) is 224 cm³/mol. The van der Waals surface area contributed by atoms with E-state index in [9.17, 15) is 14.1 Å². The fraction of sp³-hybridized carbons (Fsp3) is 0.364. The van der Waals surface area contributed by atoms with E-state index < -0.39 is 17.1 Å². The van der Waals surface area contributed by atoms with Gasteiger partial charge in [-0.15, -0.1) is 0 Å². The van der Waals surface area contributed by atoms with Crippen LogP contribution in [0.1, 0.15) is 46.7 Å². The SMILES string of the molecule is CN(C)S(=O)N1CCN(c2ccc(OCc3nn(C)c4c3-c3cccc5c(CCCOc6cccc7ccccc67)c(C(=O)O)n(c35)CCCCOC4)cc2)CC1. The van der Waals surface area contributed by atoms with E-state index in [0.29, 0.717) is 44.9 Å².